The lowest BCUT2D eigenvalue weighted by atomic mass is 9.94. The second kappa shape index (κ2) is 9.50. The second-order valence-electron chi connectivity index (χ2n) is 7.94. The van der Waals surface area contributed by atoms with Crippen LogP contribution in [0.3, 0.4) is 0 Å². The number of amides is 1. The zero-order valence-corrected chi connectivity index (χ0v) is 19.1. The molecule has 3 aromatic rings. The zero-order chi connectivity index (χ0) is 23.5. The molecular weight excluding hydrogens is 442 g/mol. The molecule has 2 heterocycles. The third-order valence-electron chi connectivity index (χ3n) is 5.75. The number of imidazole rings is 1. The summed E-state index contributed by atoms with van der Waals surface area (Å²) in [6.45, 7) is 2.95. The van der Waals surface area contributed by atoms with Gasteiger partial charge in [0.25, 0.3) is 5.91 Å². The van der Waals surface area contributed by atoms with Crippen LogP contribution >= 0.6 is 11.6 Å². The number of aromatic amines is 1. The average Bonchev–Trinajstić information content (AvgIpc) is 3.41. The Hall–Kier alpha value is -3.58. The highest BCUT2D eigenvalue weighted by Gasteiger charge is 2.43. The molecule has 1 saturated heterocycles. The minimum atomic E-state index is -0.771. The zero-order valence-electron chi connectivity index (χ0n) is 18.4. The number of nitrogens with zero attached hydrogens (tertiary/aromatic N) is 2. The van der Waals surface area contributed by atoms with Gasteiger partial charge in [-0.1, -0.05) is 53.3 Å². The first-order valence-electron chi connectivity index (χ1n) is 10.6. The fourth-order valence-electron chi connectivity index (χ4n) is 4.04. The Bertz CT molecular complexity index is 1200. The summed E-state index contributed by atoms with van der Waals surface area (Å²) in [6.07, 6.45) is 6.15. The van der Waals surface area contributed by atoms with E-state index in [4.69, 9.17) is 16.3 Å². The highest BCUT2D eigenvalue weighted by Crippen LogP contribution is 2.39. The van der Waals surface area contributed by atoms with Crippen molar-refractivity contribution in [3.63, 3.8) is 0 Å². The van der Waals surface area contributed by atoms with Crippen LogP contribution in [0.4, 0.5) is 0 Å². The van der Waals surface area contributed by atoms with Gasteiger partial charge in [-0.05, 0) is 30.2 Å². The number of carbonyl (C=O) groups excluding carboxylic acids is 2. The molecular formula is C25H24ClN3O4. The molecule has 33 heavy (non-hydrogen) atoms. The molecule has 0 spiro atoms. The quantitative estimate of drug-likeness (QED) is 0.251. The Balaban J connectivity index is 1.74. The summed E-state index contributed by atoms with van der Waals surface area (Å²) in [5.41, 5.74) is 1.94. The number of nitrogens with one attached hydrogen (secondary N) is 1. The number of aryl methyl sites for hydroxylation is 2. The van der Waals surface area contributed by atoms with Crippen LogP contribution in [0.1, 0.15) is 29.2 Å². The largest absolute Gasteiger partial charge is 0.872 e. The number of ether oxygens (including phenoxy) is 1. The Morgan fingerprint density at radius 1 is 1.21 bits per heavy atom. The smallest absolute Gasteiger partial charge is 0.295 e. The molecule has 1 N–H and O–H groups in total. The molecule has 0 radical (unpaired) electrons. The van der Waals surface area contributed by atoms with Crippen molar-refractivity contribution >= 4 is 29.1 Å². The molecule has 8 heteroatoms. The molecule has 1 amide bonds. The van der Waals surface area contributed by atoms with Gasteiger partial charge in [0.2, 0.25) is 12.1 Å². The van der Waals surface area contributed by atoms with Crippen molar-refractivity contribution in [1.29, 1.82) is 0 Å². The molecule has 4 rings (SSSR count). The second-order valence-corrected chi connectivity index (χ2v) is 8.34. The van der Waals surface area contributed by atoms with Crippen LogP contribution in [0.15, 0.2) is 66.8 Å². The number of H-pyrrole nitrogens is 1. The normalized spacial score (nSPS) is 17.5. The van der Waals surface area contributed by atoms with E-state index >= 15 is 0 Å². The number of likely N-dealkylation sites (tertiary alicyclic amines) is 1. The Morgan fingerprint density at radius 3 is 2.61 bits per heavy atom. The molecule has 0 saturated carbocycles. The molecule has 1 unspecified atom stereocenters. The van der Waals surface area contributed by atoms with E-state index in [1.165, 1.54) is 18.1 Å². The number of rotatable bonds is 7. The Morgan fingerprint density at radius 2 is 1.97 bits per heavy atom. The number of Topliss-reactive ketones (excluding diaryl/α,β-unsaturated/α-hetero) is 1. The van der Waals surface area contributed by atoms with Crippen molar-refractivity contribution in [2.45, 2.75) is 25.9 Å². The minimum absolute atomic E-state index is 0.0561. The number of benzene rings is 2. The molecule has 1 fully saturated rings. The summed E-state index contributed by atoms with van der Waals surface area (Å²) >= 11 is 6.21. The fraction of sp³-hybridized carbons (Fsp3) is 0.240. The summed E-state index contributed by atoms with van der Waals surface area (Å²) in [5, 5.41) is 13.7. The maximum Gasteiger partial charge on any atom is 0.295 e. The van der Waals surface area contributed by atoms with Crippen LogP contribution in [0.2, 0.25) is 5.02 Å². The molecule has 0 aliphatic carbocycles. The van der Waals surface area contributed by atoms with Crippen molar-refractivity contribution in [3.05, 3.63) is 88.5 Å². The van der Waals surface area contributed by atoms with E-state index in [2.05, 4.69) is 4.98 Å². The molecule has 170 valence electrons. The van der Waals surface area contributed by atoms with Gasteiger partial charge in [0.1, 0.15) is 18.1 Å². The van der Waals surface area contributed by atoms with Gasteiger partial charge in [-0.3, -0.25) is 14.6 Å². The first-order chi connectivity index (χ1) is 15.9. The van der Waals surface area contributed by atoms with E-state index in [9.17, 15) is 14.7 Å². The SMILES string of the molecule is COc1ccc(C([O-])=C2C(=O)C(=O)N(CCC[n+]3cc[nH]c3)C2c2ccc(C)cc2)cc1Cl. The number of aromatic nitrogens is 2. The molecule has 2 aromatic carbocycles. The lowest BCUT2D eigenvalue weighted by Gasteiger charge is -2.27. The highest BCUT2D eigenvalue weighted by molar-refractivity contribution is 6.46. The van der Waals surface area contributed by atoms with Crippen LogP contribution in [-0.4, -0.2) is 35.2 Å². The van der Waals surface area contributed by atoms with Gasteiger partial charge in [-0.25, -0.2) is 4.57 Å². The summed E-state index contributed by atoms with van der Waals surface area (Å²) in [5.74, 6) is -1.52. The van der Waals surface area contributed by atoms with E-state index in [1.54, 1.807) is 12.1 Å². The third-order valence-corrected chi connectivity index (χ3v) is 6.05. The van der Waals surface area contributed by atoms with Gasteiger partial charge in [0, 0.05) is 18.5 Å². The van der Waals surface area contributed by atoms with Crippen LogP contribution in [0.5, 0.6) is 5.75 Å². The maximum atomic E-state index is 13.5. The maximum absolute atomic E-state index is 13.5. The standard InChI is InChI=1S/C25H24ClN3O4/c1-16-4-6-17(7-5-16)22-21(23(30)18-8-9-20(33-2)19(26)14-18)24(31)25(32)29(22)12-3-11-28-13-10-27-15-28/h4-10,13-15,22H,3,11-12H2,1-2H3,(H,30,31). The Kier molecular flexibility index (Phi) is 6.51. The predicted octanol–water partition coefficient (Wildman–Crippen LogP) is 2.59. The van der Waals surface area contributed by atoms with Crippen molar-refractivity contribution in [2.24, 2.45) is 0 Å². The summed E-state index contributed by atoms with van der Waals surface area (Å²) in [6, 6.07) is 11.4. The monoisotopic (exact) mass is 465 g/mol. The third kappa shape index (κ3) is 4.50. The van der Waals surface area contributed by atoms with Gasteiger partial charge in [-0.2, -0.15) is 0 Å². The van der Waals surface area contributed by atoms with Crippen molar-refractivity contribution in [1.82, 2.24) is 9.88 Å². The number of ketones is 1. The first-order valence-corrected chi connectivity index (χ1v) is 11.0. The summed E-state index contributed by atoms with van der Waals surface area (Å²) in [7, 11) is 1.48. The summed E-state index contributed by atoms with van der Waals surface area (Å²) < 4.78 is 7.11. The van der Waals surface area contributed by atoms with E-state index in [-0.39, 0.29) is 16.2 Å². The van der Waals surface area contributed by atoms with Crippen LogP contribution < -0.4 is 14.4 Å². The first kappa shape index (κ1) is 22.6. The lowest BCUT2D eigenvalue weighted by Crippen LogP contribution is -2.36. The van der Waals surface area contributed by atoms with E-state index in [0.29, 0.717) is 25.3 Å². The molecule has 1 aliphatic heterocycles. The highest BCUT2D eigenvalue weighted by atomic mass is 35.5. The minimum Gasteiger partial charge on any atom is -0.872 e. The van der Waals surface area contributed by atoms with Gasteiger partial charge < -0.3 is 14.7 Å². The number of halogens is 1. The van der Waals surface area contributed by atoms with Crippen LogP contribution in [0.25, 0.3) is 5.76 Å². The van der Waals surface area contributed by atoms with Crippen LogP contribution in [0, 0.1) is 6.92 Å². The average molecular weight is 466 g/mol. The topological polar surface area (TPSA) is 89.3 Å². The van der Waals surface area contributed by atoms with E-state index in [1.807, 2.05) is 54.5 Å². The molecule has 1 aromatic heterocycles. The number of methoxy groups -OCH3 is 1. The van der Waals surface area contributed by atoms with Gasteiger partial charge in [0.15, 0.2) is 0 Å². The van der Waals surface area contributed by atoms with Crippen molar-refractivity contribution in [3.8, 4) is 5.75 Å². The lowest BCUT2D eigenvalue weighted by molar-refractivity contribution is -0.695. The molecule has 0 bridgehead atoms. The molecule has 1 aliphatic rings. The van der Waals surface area contributed by atoms with Crippen molar-refractivity contribution in [2.75, 3.05) is 13.7 Å². The summed E-state index contributed by atoms with van der Waals surface area (Å²) in [4.78, 5) is 30.5. The fourth-order valence-corrected chi connectivity index (χ4v) is 4.30. The van der Waals surface area contributed by atoms with Gasteiger partial charge in [-0.15, -0.1) is 0 Å². The molecule has 7 nitrogen and oxygen atoms in total. The predicted molar refractivity (Wildman–Crippen MR) is 121 cm³/mol. The Labute approximate surface area is 196 Å². The van der Waals surface area contributed by atoms with Crippen LogP contribution in [-0.2, 0) is 16.1 Å². The van der Waals surface area contributed by atoms with Gasteiger partial charge in [0.05, 0.1) is 24.7 Å². The van der Waals surface area contributed by atoms with Crippen molar-refractivity contribution < 1.29 is 24.0 Å². The number of hydrogen-bond donors (Lipinski definition) is 1. The molecule has 1 atom stereocenters. The van der Waals surface area contributed by atoms with E-state index < -0.39 is 23.5 Å². The number of hydrogen-bond acceptors (Lipinski definition) is 4. The number of carbonyl (C=O) groups is 2. The van der Waals surface area contributed by atoms with E-state index in [0.717, 1.165) is 11.1 Å². The van der Waals surface area contributed by atoms with Gasteiger partial charge >= 0.3 is 0 Å².